The van der Waals surface area contributed by atoms with Gasteiger partial charge in [0, 0.05) is 27.7 Å². The third-order valence-electron chi connectivity index (χ3n) is 6.72. The van der Waals surface area contributed by atoms with Gasteiger partial charge >= 0.3 is 0 Å². The van der Waals surface area contributed by atoms with Gasteiger partial charge < -0.3 is 4.57 Å². The molecule has 0 N–H and O–H groups in total. The molecular formula is C25H22N6S. The Morgan fingerprint density at radius 3 is 2.88 bits per heavy atom. The minimum atomic E-state index is 0.681. The van der Waals surface area contributed by atoms with Gasteiger partial charge in [-0.25, -0.2) is 19.5 Å². The Labute approximate surface area is 188 Å². The zero-order valence-electron chi connectivity index (χ0n) is 18.1. The number of nitrogens with zero attached hydrogens (tertiary/aromatic N) is 6. The number of aromatic nitrogens is 6. The number of rotatable bonds is 2. The Morgan fingerprint density at radius 2 is 1.94 bits per heavy atom. The summed E-state index contributed by atoms with van der Waals surface area (Å²) in [5.41, 5.74) is 8.35. The number of hydrogen-bond acceptors (Lipinski definition) is 5. The quantitative estimate of drug-likeness (QED) is 0.364. The molecule has 0 fully saturated rings. The second kappa shape index (κ2) is 6.59. The van der Waals surface area contributed by atoms with Crippen molar-refractivity contribution in [1.82, 2.24) is 29.1 Å². The van der Waals surface area contributed by atoms with Gasteiger partial charge in [0.25, 0.3) is 0 Å². The average Bonchev–Trinajstić information content (AvgIpc) is 3.46. The zero-order chi connectivity index (χ0) is 21.4. The summed E-state index contributed by atoms with van der Waals surface area (Å²) in [7, 11) is 0. The highest BCUT2D eigenvalue weighted by molar-refractivity contribution is 7.26. The van der Waals surface area contributed by atoms with Crippen molar-refractivity contribution in [2.75, 3.05) is 0 Å². The van der Waals surface area contributed by atoms with Crippen molar-refractivity contribution in [3.63, 3.8) is 0 Å². The molecule has 0 aliphatic heterocycles. The van der Waals surface area contributed by atoms with Crippen LogP contribution < -0.4 is 0 Å². The molecule has 0 amide bonds. The molecule has 7 rings (SSSR count). The maximum absolute atomic E-state index is 4.99. The van der Waals surface area contributed by atoms with Crippen LogP contribution in [0.5, 0.6) is 0 Å². The van der Waals surface area contributed by atoms with E-state index in [1.54, 1.807) is 17.7 Å². The normalized spacial score (nSPS) is 14.2. The number of aryl methyl sites for hydroxylation is 3. The molecule has 5 aromatic heterocycles. The first-order valence-electron chi connectivity index (χ1n) is 11.2. The minimum Gasteiger partial charge on any atom is -0.337 e. The average molecular weight is 439 g/mol. The van der Waals surface area contributed by atoms with Crippen molar-refractivity contribution in [2.24, 2.45) is 0 Å². The van der Waals surface area contributed by atoms with E-state index in [0.29, 0.717) is 6.54 Å². The van der Waals surface area contributed by atoms with Crippen LogP contribution in [0.3, 0.4) is 0 Å². The highest BCUT2D eigenvalue weighted by Gasteiger charge is 2.21. The van der Waals surface area contributed by atoms with Gasteiger partial charge in [-0.05, 0) is 62.8 Å². The first-order valence-corrected chi connectivity index (χ1v) is 12.0. The van der Waals surface area contributed by atoms with Crippen molar-refractivity contribution >= 4 is 48.3 Å². The van der Waals surface area contributed by atoms with E-state index >= 15 is 0 Å². The maximum atomic E-state index is 4.99. The number of thiophene rings is 1. The molecule has 7 heteroatoms. The fourth-order valence-corrected chi connectivity index (χ4v) is 6.61. The van der Waals surface area contributed by atoms with Gasteiger partial charge in [-0.2, -0.15) is 0 Å². The summed E-state index contributed by atoms with van der Waals surface area (Å²) < 4.78 is 5.32. The smallest absolute Gasteiger partial charge is 0.176 e. The lowest BCUT2D eigenvalue weighted by atomic mass is 9.96. The van der Waals surface area contributed by atoms with Crippen LogP contribution in [0.1, 0.15) is 41.2 Å². The van der Waals surface area contributed by atoms with Crippen LogP contribution in [0, 0.1) is 13.8 Å². The molecule has 0 atom stereocenters. The second-order valence-electron chi connectivity index (χ2n) is 8.82. The molecule has 6 nitrogen and oxygen atoms in total. The molecule has 1 aliphatic rings. The van der Waals surface area contributed by atoms with E-state index in [1.165, 1.54) is 47.0 Å². The maximum Gasteiger partial charge on any atom is 0.176 e. The summed E-state index contributed by atoms with van der Waals surface area (Å²) in [5, 5.41) is 7.33. The summed E-state index contributed by atoms with van der Waals surface area (Å²) in [6.45, 7) is 4.85. The lowest BCUT2D eigenvalue weighted by Crippen LogP contribution is -2.10. The van der Waals surface area contributed by atoms with Crippen LogP contribution in [0.4, 0.5) is 0 Å². The molecule has 6 aromatic rings. The van der Waals surface area contributed by atoms with Crippen LogP contribution in [-0.2, 0) is 19.4 Å². The first-order chi connectivity index (χ1) is 15.7. The van der Waals surface area contributed by atoms with E-state index in [4.69, 9.17) is 20.1 Å². The topological polar surface area (TPSA) is 60.9 Å². The van der Waals surface area contributed by atoms with E-state index in [0.717, 1.165) is 44.0 Å². The molecule has 0 spiro atoms. The molecule has 1 aliphatic carbocycles. The van der Waals surface area contributed by atoms with Crippen molar-refractivity contribution in [1.29, 1.82) is 0 Å². The van der Waals surface area contributed by atoms with Crippen molar-refractivity contribution in [2.45, 2.75) is 46.1 Å². The molecular weight excluding hydrogens is 416 g/mol. The first kappa shape index (κ1) is 18.3. The molecule has 0 bridgehead atoms. The van der Waals surface area contributed by atoms with Gasteiger partial charge in [-0.3, -0.25) is 0 Å². The predicted molar refractivity (Wildman–Crippen MR) is 129 cm³/mol. The van der Waals surface area contributed by atoms with Gasteiger partial charge in [0.15, 0.2) is 11.5 Å². The fraction of sp³-hybridized carbons (Fsp3) is 0.280. The third kappa shape index (κ3) is 2.51. The monoisotopic (exact) mass is 438 g/mol. The fourth-order valence-electron chi connectivity index (χ4n) is 5.39. The number of hydrogen-bond donors (Lipinski definition) is 0. The van der Waals surface area contributed by atoms with E-state index in [2.05, 4.69) is 41.8 Å². The summed E-state index contributed by atoms with van der Waals surface area (Å²) in [6, 6.07) is 10.9. The molecule has 5 heterocycles. The van der Waals surface area contributed by atoms with E-state index in [9.17, 15) is 0 Å². The zero-order valence-corrected chi connectivity index (χ0v) is 18.9. The van der Waals surface area contributed by atoms with E-state index in [1.807, 2.05) is 11.4 Å². The number of pyridine rings is 1. The Morgan fingerprint density at radius 1 is 1.06 bits per heavy atom. The van der Waals surface area contributed by atoms with Gasteiger partial charge in [0.2, 0.25) is 0 Å². The largest absolute Gasteiger partial charge is 0.337 e. The Bertz CT molecular complexity index is 1690. The Hall–Kier alpha value is -3.32. The summed E-state index contributed by atoms with van der Waals surface area (Å²) in [4.78, 5) is 15.5. The SMILES string of the molecule is Cc1cc(C)c2c(n1)sc1c2ncn2nc(Cn3c4c(c5ccccc53)CCCC4)nc12. The Kier molecular flexibility index (Phi) is 3.76. The van der Waals surface area contributed by atoms with Crippen molar-refractivity contribution in [3.05, 3.63) is 65.0 Å². The standard InChI is InChI=1S/C25H22N6S/c1-14-11-15(2)27-25-21(14)22-23(32-25)24-28-20(29-31(24)13-26-22)12-30-18-9-5-3-7-16(18)17-8-4-6-10-19(17)30/h3,5,7,9,11,13H,4,6,8,10,12H2,1-2H3. The van der Waals surface area contributed by atoms with Crippen LogP contribution in [0.25, 0.3) is 37.0 Å². The summed E-state index contributed by atoms with van der Waals surface area (Å²) in [5.74, 6) is 0.826. The van der Waals surface area contributed by atoms with Crippen LogP contribution in [-0.4, -0.2) is 29.1 Å². The summed E-state index contributed by atoms with van der Waals surface area (Å²) >= 11 is 1.66. The molecule has 0 saturated heterocycles. The van der Waals surface area contributed by atoms with Crippen LogP contribution in [0.15, 0.2) is 36.7 Å². The van der Waals surface area contributed by atoms with Crippen LogP contribution in [0.2, 0.25) is 0 Å². The highest BCUT2D eigenvalue weighted by atomic mass is 32.1. The number of benzene rings is 1. The molecule has 0 saturated carbocycles. The number of fused-ring (bicyclic) bond motifs is 8. The van der Waals surface area contributed by atoms with Crippen molar-refractivity contribution in [3.8, 4) is 0 Å². The van der Waals surface area contributed by atoms with E-state index < -0.39 is 0 Å². The predicted octanol–water partition coefficient (Wildman–Crippen LogP) is 5.39. The van der Waals surface area contributed by atoms with Crippen LogP contribution >= 0.6 is 11.3 Å². The highest BCUT2D eigenvalue weighted by Crippen LogP contribution is 2.36. The molecule has 0 unspecified atom stereocenters. The van der Waals surface area contributed by atoms with E-state index in [-0.39, 0.29) is 0 Å². The van der Waals surface area contributed by atoms with Gasteiger partial charge in [-0.1, -0.05) is 18.2 Å². The van der Waals surface area contributed by atoms with Gasteiger partial charge in [0.1, 0.15) is 15.9 Å². The Balaban J connectivity index is 1.41. The number of para-hydroxylation sites is 1. The van der Waals surface area contributed by atoms with Gasteiger partial charge in [-0.15, -0.1) is 16.4 Å². The second-order valence-corrected chi connectivity index (χ2v) is 9.82. The lowest BCUT2D eigenvalue weighted by Gasteiger charge is -2.15. The molecule has 32 heavy (non-hydrogen) atoms. The summed E-state index contributed by atoms with van der Waals surface area (Å²) in [6.07, 6.45) is 6.61. The molecule has 0 radical (unpaired) electrons. The van der Waals surface area contributed by atoms with Crippen molar-refractivity contribution < 1.29 is 0 Å². The van der Waals surface area contributed by atoms with Gasteiger partial charge in [0.05, 0.1) is 12.1 Å². The molecule has 158 valence electrons. The molecule has 1 aromatic carbocycles. The third-order valence-corrected chi connectivity index (χ3v) is 7.79. The minimum absolute atomic E-state index is 0.681. The lowest BCUT2D eigenvalue weighted by molar-refractivity contribution is 0.629.